The molecule has 0 amide bonds. The van der Waals surface area contributed by atoms with E-state index in [1.54, 1.807) is 6.33 Å². The van der Waals surface area contributed by atoms with Gasteiger partial charge in [0.1, 0.15) is 11.3 Å². The van der Waals surface area contributed by atoms with Crippen molar-refractivity contribution < 1.29 is 5.11 Å². The molecule has 2 aromatic heterocycles. The third kappa shape index (κ3) is 1.48. The number of nitrogens with zero attached hydrogens (tertiary/aromatic N) is 4. The normalized spacial score (nSPS) is 17.9. The predicted octanol–water partition coefficient (Wildman–Crippen LogP) is 0.968. The minimum atomic E-state index is -0.527. The lowest BCUT2D eigenvalue weighted by molar-refractivity contribution is 0.130. The van der Waals surface area contributed by atoms with Crippen molar-refractivity contribution in [2.45, 2.75) is 38.8 Å². The van der Waals surface area contributed by atoms with Crippen LogP contribution in [0.1, 0.15) is 24.4 Å². The highest BCUT2D eigenvalue weighted by atomic mass is 16.3. The fraction of sp³-hybridized carbons (Fsp3) is 0.545. The van der Waals surface area contributed by atoms with Crippen LogP contribution in [-0.4, -0.2) is 30.2 Å². The first kappa shape index (κ1) is 9.72. The molecule has 1 saturated carbocycles. The number of aromatic nitrogens is 4. The Balaban J connectivity index is 2.11. The maximum absolute atomic E-state index is 9.91. The molecule has 5 nitrogen and oxygen atoms in total. The highest BCUT2D eigenvalue weighted by Gasteiger charge is 2.41. The molecule has 1 aliphatic rings. The molecule has 1 fully saturated rings. The van der Waals surface area contributed by atoms with Gasteiger partial charge in [-0.3, -0.25) is 0 Å². The molecular formula is C11H14N4O. The lowest BCUT2D eigenvalue weighted by Gasteiger charge is -2.09. The van der Waals surface area contributed by atoms with Crippen LogP contribution in [0.4, 0.5) is 0 Å². The second kappa shape index (κ2) is 3.01. The van der Waals surface area contributed by atoms with Crippen molar-refractivity contribution in [3.05, 3.63) is 17.8 Å². The van der Waals surface area contributed by atoms with Gasteiger partial charge in [-0.25, -0.2) is 15.0 Å². The van der Waals surface area contributed by atoms with E-state index in [2.05, 4.69) is 15.0 Å². The topological polar surface area (TPSA) is 63.8 Å². The van der Waals surface area contributed by atoms with Crippen molar-refractivity contribution >= 4 is 11.2 Å². The van der Waals surface area contributed by atoms with Gasteiger partial charge in [-0.2, -0.15) is 0 Å². The van der Waals surface area contributed by atoms with Gasteiger partial charge in [0.2, 0.25) is 0 Å². The van der Waals surface area contributed by atoms with Gasteiger partial charge in [-0.1, -0.05) is 0 Å². The molecule has 0 unspecified atom stereocenters. The van der Waals surface area contributed by atoms with Crippen LogP contribution < -0.4 is 0 Å². The maximum Gasteiger partial charge on any atom is 0.163 e. The Hall–Kier alpha value is -1.49. The number of imidazole rings is 1. The number of aliphatic hydroxyl groups is 1. The molecule has 2 heterocycles. The Morgan fingerprint density at radius 2 is 2.12 bits per heavy atom. The highest BCUT2D eigenvalue weighted by molar-refractivity contribution is 5.73. The third-order valence-corrected chi connectivity index (χ3v) is 3.04. The molecule has 2 aromatic rings. The average molecular weight is 218 g/mol. The fourth-order valence-electron chi connectivity index (χ4n) is 1.96. The summed E-state index contributed by atoms with van der Waals surface area (Å²) < 4.78 is 1.92. The minimum absolute atomic E-state index is 0.527. The van der Waals surface area contributed by atoms with Crippen molar-refractivity contribution in [2.75, 3.05) is 0 Å². The maximum atomic E-state index is 9.91. The predicted molar refractivity (Wildman–Crippen MR) is 59.0 cm³/mol. The Labute approximate surface area is 93.2 Å². The van der Waals surface area contributed by atoms with Crippen molar-refractivity contribution in [1.29, 1.82) is 0 Å². The number of hydrogen-bond donors (Lipinski definition) is 1. The van der Waals surface area contributed by atoms with E-state index in [0.29, 0.717) is 6.54 Å². The van der Waals surface area contributed by atoms with Gasteiger partial charge in [0.05, 0.1) is 24.2 Å². The van der Waals surface area contributed by atoms with Gasteiger partial charge in [-0.05, 0) is 26.7 Å². The Bertz CT molecular complexity index is 556. The van der Waals surface area contributed by atoms with Gasteiger partial charge >= 0.3 is 0 Å². The molecule has 0 spiro atoms. The molecular weight excluding hydrogens is 204 g/mol. The molecule has 84 valence electrons. The summed E-state index contributed by atoms with van der Waals surface area (Å²) in [5.74, 6) is 0.745. The molecule has 0 radical (unpaired) electrons. The molecule has 5 heteroatoms. The van der Waals surface area contributed by atoms with E-state index in [0.717, 1.165) is 35.5 Å². The van der Waals surface area contributed by atoms with E-state index >= 15 is 0 Å². The van der Waals surface area contributed by atoms with Crippen LogP contribution in [0.3, 0.4) is 0 Å². The zero-order valence-electron chi connectivity index (χ0n) is 9.43. The molecule has 16 heavy (non-hydrogen) atoms. The zero-order chi connectivity index (χ0) is 11.3. The first-order valence-electron chi connectivity index (χ1n) is 5.46. The summed E-state index contributed by atoms with van der Waals surface area (Å²) in [6.07, 6.45) is 3.48. The Kier molecular flexibility index (Phi) is 1.83. The minimum Gasteiger partial charge on any atom is -0.388 e. The monoisotopic (exact) mass is 218 g/mol. The molecule has 0 bridgehead atoms. The third-order valence-electron chi connectivity index (χ3n) is 3.04. The summed E-state index contributed by atoms with van der Waals surface area (Å²) in [6.45, 7) is 4.38. The fourth-order valence-corrected chi connectivity index (χ4v) is 1.96. The van der Waals surface area contributed by atoms with Crippen molar-refractivity contribution in [2.24, 2.45) is 0 Å². The second-order valence-corrected chi connectivity index (χ2v) is 4.63. The van der Waals surface area contributed by atoms with Crippen LogP contribution >= 0.6 is 0 Å². The molecule has 0 atom stereocenters. The summed E-state index contributed by atoms with van der Waals surface area (Å²) in [7, 11) is 0. The number of fused-ring (bicyclic) bond motifs is 1. The van der Waals surface area contributed by atoms with Gasteiger partial charge < -0.3 is 9.67 Å². The van der Waals surface area contributed by atoms with E-state index in [-0.39, 0.29) is 0 Å². The second-order valence-electron chi connectivity index (χ2n) is 4.63. The lowest BCUT2D eigenvalue weighted by Crippen LogP contribution is -2.16. The molecule has 1 aliphatic carbocycles. The molecule has 1 N–H and O–H groups in total. The van der Waals surface area contributed by atoms with Crippen molar-refractivity contribution in [1.82, 2.24) is 19.5 Å². The standard InChI is InChI=1S/C11H14N4O/c1-7-9-10(14-8(2)13-7)15(6-12-9)5-11(16)3-4-11/h6,16H,3-5H2,1-2H3. The largest absolute Gasteiger partial charge is 0.388 e. The van der Waals surface area contributed by atoms with E-state index in [4.69, 9.17) is 0 Å². The van der Waals surface area contributed by atoms with E-state index in [1.807, 2.05) is 18.4 Å². The van der Waals surface area contributed by atoms with Crippen LogP contribution in [-0.2, 0) is 6.54 Å². The Morgan fingerprint density at radius 1 is 1.38 bits per heavy atom. The van der Waals surface area contributed by atoms with Crippen LogP contribution in [0.25, 0.3) is 11.2 Å². The first-order valence-corrected chi connectivity index (χ1v) is 5.46. The van der Waals surface area contributed by atoms with Crippen LogP contribution in [0.5, 0.6) is 0 Å². The van der Waals surface area contributed by atoms with Gasteiger partial charge in [0.25, 0.3) is 0 Å². The summed E-state index contributed by atoms with van der Waals surface area (Å²) in [4.78, 5) is 13.0. The van der Waals surface area contributed by atoms with Crippen LogP contribution in [0, 0.1) is 13.8 Å². The summed E-state index contributed by atoms with van der Waals surface area (Å²) in [6, 6.07) is 0. The molecule has 0 aliphatic heterocycles. The quantitative estimate of drug-likeness (QED) is 0.815. The summed E-state index contributed by atoms with van der Waals surface area (Å²) >= 11 is 0. The summed E-state index contributed by atoms with van der Waals surface area (Å²) in [5.41, 5.74) is 2.02. The van der Waals surface area contributed by atoms with Gasteiger partial charge in [0.15, 0.2) is 5.65 Å². The smallest absolute Gasteiger partial charge is 0.163 e. The highest BCUT2D eigenvalue weighted by Crippen LogP contribution is 2.37. The molecule has 3 rings (SSSR count). The van der Waals surface area contributed by atoms with Gasteiger partial charge in [0, 0.05) is 0 Å². The zero-order valence-corrected chi connectivity index (χ0v) is 9.43. The van der Waals surface area contributed by atoms with Crippen LogP contribution in [0.2, 0.25) is 0 Å². The molecule has 0 aromatic carbocycles. The van der Waals surface area contributed by atoms with Gasteiger partial charge in [-0.15, -0.1) is 0 Å². The van der Waals surface area contributed by atoms with Crippen molar-refractivity contribution in [3.63, 3.8) is 0 Å². The number of rotatable bonds is 2. The van der Waals surface area contributed by atoms with E-state index < -0.39 is 5.60 Å². The lowest BCUT2D eigenvalue weighted by atomic mass is 10.3. The average Bonchev–Trinajstić information content (AvgIpc) is 2.79. The number of aryl methyl sites for hydroxylation is 2. The van der Waals surface area contributed by atoms with E-state index in [9.17, 15) is 5.11 Å². The SMILES string of the molecule is Cc1nc(C)c2ncn(CC3(O)CC3)c2n1. The molecule has 0 saturated heterocycles. The summed E-state index contributed by atoms with van der Waals surface area (Å²) in [5, 5.41) is 9.91. The number of hydrogen-bond acceptors (Lipinski definition) is 4. The van der Waals surface area contributed by atoms with E-state index in [1.165, 1.54) is 0 Å². The van der Waals surface area contributed by atoms with Crippen molar-refractivity contribution in [3.8, 4) is 0 Å². The Morgan fingerprint density at radius 3 is 2.81 bits per heavy atom. The first-order chi connectivity index (χ1) is 7.57. The van der Waals surface area contributed by atoms with Crippen LogP contribution in [0.15, 0.2) is 6.33 Å².